The molecule has 1 aliphatic heterocycles. The smallest absolute Gasteiger partial charge is 0.354 e. The largest absolute Gasteiger partial charge is 0.477 e. The molecule has 1 fully saturated rings. The molecule has 2 amide bonds. The van der Waals surface area contributed by atoms with Gasteiger partial charge in [-0.05, 0) is 30.2 Å². The maximum atomic E-state index is 11.7. The Labute approximate surface area is 127 Å². The maximum absolute atomic E-state index is 11.7. The first-order valence-corrected chi connectivity index (χ1v) is 8.01. The summed E-state index contributed by atoms with van der Waals surface area (Å²) in [4.78, 5) is 26.2. The summed E-state index contributed by atoms with van der Waals surface area (Å²) in [6.07, 6.45) is 5.13. The number of carboxylic acid groups (broad SMARTS) is 1. The summed E-state index contributed by atoms with van der Waals surface area (Å²) in [7, 11) is 0. The van der Waals surface area contributed by atoms with Crippen LogP contribution in [0.5, 0.6) is 0 Å². The molecule has 0 bridgehead atoms. The fourth-order valence-electron chi connectivity index (χ4n) is 2.08. The van der Waals surface area contributed by atoms with Crippen molar-refractivity contribution in [2.75, 3.05) is 12.3 Å². The Kier molecular flexibility index (Phi) is 5.86. The number of hydrogen-bond acceptors (Lipinski definition) is 4. The van der Waals surface area contributed by atoms with Gasteiger partial charge in [-0.25, -0.2) is 14.6 Å². The number of carboxylic acids is 1. The molecule has 2 rings (SSSR count). The van der Waals surface area contributed by atoms with Crippen molar-refractivity contribution in [3.05, 3.63) is 29.6 Å². The first-order valence-electron chi connectivity index (χ1n) is 6.96. The van der Waals surface area contributed by atoms with Crippen LogP contribution in [0.2, 0.25) is 0 Å². The second kappa shape index (κ2) is 7.87. The predicted molar refractivity (Wildman–Crippen MR) is 81.5 cm³/mol. The molecule has 7 heteroatoms. The molecule has 0 radical (unpaired) electrons. The van der Waals surface area contributed by atoms with E-state index < -0.39 is 5.97 Å². The van der Waals surface area contributed by atoms with E-state index in [2.05, 4.69) is 15.6 Å². The molecule has 0 spiro atoms. The zero-order chi connectivity index (χ0) is 15.1. The van der Waals surface area contributed by atoms with Crippen LogP contribution in [0, 0.1) is 0 Å². The minimum atomic E-state index is -1.06. The van der Waals surface area contributed by atoms with Gasteiger partial charge in [0, 0.05) is 24.5 Å². The maximum Gasteiger partial charge on any atom is 0.354 e. The Morgan fingerprint density at radius 3 is 2.81 bits per heavy atom. The number of thioether (sulfide) groups is 1. The van der Waals surface area contributed by atoms with Crippen LogP contribution in [0.15, 0.2) is 18.3 Å². The van der Waals surface area contributed by atoms with Crippen molar-refractivity contribution in [3.8, 4) is 0 Å². The summed E-state index contributed by atoms with van der Waals surface area (Å²) >= 11 is 1.92. The van der Waals surface area contributed by atoms with Crippen LogP contribution in [0.3, 0.4) is 0 Å². The number of aromatic nitrogens is 1. The Morgan fingerprint density at radius 2 is 2.19 bits per heavy atom. The van der Waals surface area contributed by atoms with Gasteiger partial charge in [0.15, 0.2) is 0 Å². The van der Waals surface area contributed by atoms with E-state index in [1.165, 1.54) is 30.9 Å². The number of rotatable bonds is 5. The first kappa shape index (κ1) is 15.6. The van der Waals surface area contributed by atoms with Gasteiger partial charge in [-0.2, -0.15) is 11.8 Å². The van der Waals surface area contributed by atoms with E-state index in [0.717, 1.165) is 12.0 Å². The normalized spacial score (nSPS) is 18.0. The summed E-state index contributed by atoms with van der Waals surface area (Å²) in [5.74, 6) is 0.118. The SMILES string of the molecule is O=C(NCc1ccc(C(=O)O)nc1)NCC1CCCCS1. The minimum Gasteiger partial charge on any atom is -0.477 e. The quantitative estimate of drug-likeness (QED) is 0.772. The Hall–Kier alpha value is -1.76. The predicted octanol–water partition coefficient (Wildman–Crippen LogP) is 1.86. The lowest BCUT2D eigenvalue weighted by molar-refractivity contribution is 0.0690. The van der Waals surface area contributed by atoms with Gasteiger partial charge in [0.25, 0.3) is 0 Å². The van der Waals surface area contributed by atoms with Crippen LogP contribution in [0.25, 0.3) is 0 Å². The second-order valence-electron chi connectivity index (χ2n) is 4.91. The number of nitrogens with one attached hydrogen (secondary N) is 2. The third kappa shape index (κ3) is 5.26. The molecular formula is C14H19N3O3S. The van der Waals surface area contributed by atoms with Gasteiger partial charge in [-0.15, -0.1) is 0 Å². The molecule has 1 saturated heterocycles. The average molecular weight is 309 g/mol. The second-order valence-corrected chi connectivity index (χ2v) is 6.32. The minimum absolute atomic E-state index is 0.00229. The fraction of sp³-hybridized carbons (Fsp3) is 0.500. The third-order valence-electron chi connectivity index (χ3n) is 3.26. The van der Waals surface area contributed by atoms with Crippen molar-refractivity contribution in [3.63, 3.8) is 0 Å². The number of aromatic carboxylic acids is 1. The Balaban J connectivity index is 1.69. The molecule has 3 N–H and O–H groups in total. The molecule has 1 aromatic heterocycles. The van der Waals surface area contributed by atoms with E-state index in [-0.39, 0.29) is 11.7 Å². The third-order valence-corrected chi connectivity index (χ3v) is 4.66. The van der Waals surface area contributed by atoms with Gasteiger partial charge < -0.3 is 15.7 Å². The molecule has 1 aromatic rings. The highest BCUT2D eigenvalue weighted by atomic mass is 32.2. The van der Waals surface area contributed by atoms with Crippen LogP contribution >= 0.6 is 11.8 Å². The number of amides is 2. The fourth-order valence-corrected chi connectivity index (χ4v) is 3.31. The molecule has 6 nitrogen and oxygen atoms in total. The van der Waals surface area contributed by atoms with Gasteiger partial charge in [0.1, 0.15) is 5.69 Å². The van der Waals surface area contributed by atoms with Crippen molar-refractivity contribution in [1.82, 2.24) is 15.6 Å². The lowest BCUT2D eigenvalue weighted by atomic mass is 10.2. The molecule has 0 saturated carbocycles. The van der Waals surface area contributed by atoms with E-state index >= 15 is 0 Å². The summed E-state index contributed by atoms with van der Waals surface area (Å²) in [6, 6.07) is 2.87. The van der Waals surface area contributed by atoms with Crippen molar-refractivity contribution >= 4 is 23.8 Å². The van der Waals surface area contributed by atoms with Crippen LogP contribution in [0.1, 0.15) is 35.3 Å². The molecule has 2 heterocycles. The van der Waals surface area contributed by atoms with E-state index in [1.54, 1.807) is 6.07 Å². The molecule has 114 valence electrons. The molecule has 1 aliphatic rings. The zero-order valence-corrected chi connectivity index (χ0v) is 12.5. The van der Waals surface area contributed by atoms with E-state index in [9.17, 15) is 9.59 Å². The number of hydrogen-bond donors (Lipinski definition) is 3. The number of nitrogens with zero attached hydrogens (tertiary/aromatic N) is 1. The highest BCUT2D eigenvalue weighted by Crippen LogP contribution is 2.24. The van der Waals surface area contributed by atoms with E-state index in [1.807, 2.05) is 11.8 Å². The monoisotopic (exact) mass is 309 g/mol. The first-order chi connectivity index (χ1) is 10.1. The van der Waals surface area contributed by atoms with Gasteiger partial charge in [0.05, 0.1) is 0 Å². The summed E-state index contributed by atoms with van der Waals surface area (Å²) in [5, 5.41) is 14.9. The number of carbonyl (C=O) groups is 2. The molecule has 1 atom stereocenters. The van der Waals surface area contributed by atoms with Gasteiger partial charge in [-0.1, -0.05) is 12.5 Å². The van der Waals surface area contributed by atoms with Crippen molar-refractivity contribution in [1.29, 1.82) is 0 Å². The summed E-state index contributed by atoms with van der Waals surface area (Å²) in [5.41, 5.74) is 0.764. The van der Waals surface area contributed by atoms with Crippen LogP contribution in [-0.2, 0) is 6.54 Å². The van der Waals surface area contributed by atoms with Crippen LogP contribution < -0.4 is 10.6 Å². The average Bonchev–Trinajstić information content (AvgIpc) is 2.52. The van der Waals surface area contributed by atoms with Gasteiger partial charge >= 0.3 is 12.0 Å². The van der Waals surface area contributed by atoms with E-state index in [4.69, 9.17) is 5.11 Å². The molecular weight excluding hydrogens is 290 g/mol. The zero-order valence-electron chi connectivity index (χ0n) is 11.7. The Bertz CT molecular complexity index is 487. The van der Waals surface area contributed by atoms with Crippen molar-refractivity contribution in [2.24, 2.45) is 0 Å². The van der Waals surface area contributed by atoms with Crippen molar-refractivity contribution in [2.45, 2.75) is 31.1 Å². The molecule has 0 aliphatic carbocycles. The molecule has 21 heavy (non-hydrogen) atoms. The lowest BCUT2D eigenvalue weighted by Crippen LogP contribution is -2.39. The summed E-state index contributed by atoms with van der Waals surface area (Å²) < 4.78 is 0. The molecule has 0 aromatic carbocycles. The molecule has 1 unspecified atom stereocenters. The highest BCUT2D eigenvalue weighted by molar-refractivity contribution is 7.99. The van der Waals surface area contributed by atoms with Crippen LogP contribution in [0.4, 0.5) is 4.79 Å². The summed E-state index contributed by atoms with van der Waals surface area (Å²) in [6.45, 7) is 1.02. The number of carbonyl (C=O) groups excluding carboxylic acids is 1. The van der Waals surface area contributed by atoms with Crippen molar-refractivity contribution < 1.29 is 14.7 Å². The van der Waals surface area contributed by atoms with Crippen LogP contribution in [-0.4, -0.2) is 39.6 Å². The topological polar surface area (TPSA) is 91.3 Å². The Morgan fingerprint density at radius 1 is 1.33 bits per heavy atom. The van der Waals surface area contributed by atoms with Gasteiger partial charge in [-0.3, -0.25) is 0 Å². The highest BCUT2D eigenvalue weighted by Gasteiger charge is 2.14. The number of pyridine rings is 1. The van der Waals surface area contributed by atoms with E-state index in [0.29, 0.717) is 18.3 Å². The van der Waals surface area contributed by atoms with Gasteiger partial charge in [0.2, 0.25) is 0 Å². The number of urea groups is 1. The standard InChI is InChI=1S/C14H19N3O3S/c18-13(19)12-5-4-10(7-15-12)8-16-14(20)17-9-11-3-1-2-6-21-11/h4-5,7,11H,1-3,6,8-9H2,(H,18,19)(H2,16,17,20). The lowest BCUT2D eigenvalue weighted by Gasteiger charge is -2.21.